The highest BCUT2D eigenvalue weighted by molar-refractivity contribution is 7.13. The number of aromatic nitrogens is 1. The standard InChI is InChI=1S/C20H19FN2O3S/c1-25-16-8-9-17(18(11-16)26-2)23-19(24)10-7-15-12-27-20(22-15)13-3-5-14(21)6-4-13/h3-6,8-9,11-12H,7,10H2,1-2H3,(H,23,24). The SMILES string of the molecule is COc1ccc(NC(=O)CCc2csc(-c3ccc(F)cc3)n2)c(OC)c1. The van der Waals surface area contributed by atoms with E-state index in [1.54, 1.807) is 37.4 Å². The third-order valence-electron chi connectivity index (χ3n) is 3.93. The van der Waals surface area contributed by atoms with Crippen molar-refractivity contribution in [3.63, 3.8) is 0 Å². The van der Waals surface area contributed by atoms with Crippen molar-refractivity contribution in [3.05, 3.63) is 59.4 Å². The number of hydrogen-bond acceptors (Lipinski definition) is 5. The third-order valence-corrected chi connectivity index (χ3v) is 4.87. The molecule has 0 aliphatic carbocycles. The minimum atomic E-state index is -0.277. The van der Waals surface area contributed by atoms with Crippen LogP contribution >= 0.6 is 11.3 Å². The molecule has 3 rings (SSSR count). The lowest BCUT2D eigenvalue weighted by Crippen LogP contribution is -2.13. The molecule has 1 aromatic heterocycles. The van der Waals surface area contributed by atoms with Crippen molar-refractivity contribution >= 4 is 22.9 Å². The zero-order valence-corrected chi connectivity index (χ0v) is 15.8. The molecule has 0 spiro atoms. The van der Waals surface area contributed by atoms with Gasteiger partial charge in [0.25, 0.3) is 0 Å². The van der Waals surface area contributed by atoms with Crippen molar-refractivity contribution in [3.8, 4) is 22.1 Å². The minimum absolute atomic E-state index is 0.130. The molecule has 5 nitrogen and oxygen atoms in total. The van der Waals surface area contributed by atoms with Gasteiger partial charge in [-0.3, -0.25) is 4.79 Å². The second kappa shape index (κ2) is 8.64. The van der Waals surface area contributed by atoms with Crippen LogP contribution in [0.25, 0.3) is 10.6 Å². The van der Waals surface area contributed by atoms with Gasteiger partial charge in [-0.2, -0.15) is 0 Å². The van der Waals surface area contributed by atoms with Crippen LogP contribution in [0.1, 0.15) is 12.1 Å². The van der Waals surface area contributed by atoms with Gasteiger partial charge in [-0.05, 0) is 42.8 Å². The molecule has 0 fully saturated rings. The molecule has 1 heterocycles. The molecule has 3 aromatic rings. The Balaban J connectivity index is 1.59. The quantitative estimate of drug-likeness (QED) is 0.648. The first kappa shape index (κ1) is 18.8. The van der Waals surface area contributed by atoms with Crippen LogP contribution in [0.4, 0.5) is 10.1 Å². The van der Waals surface area contributed by atoms with E-state index in [4.69, 9.17) is 9.47 Å². The maximum atomic E-state index is 13.0. The molecule has 0 saturated heterocycles. The summed E-state index contributed by atoms with van der Waals surface area (Å²) >= 11 is 1.48. The fourth-order valence-electron chi connectivity index (χ4n) is 2.50. The van der Waals surface area contributed by atoms with E-state index < -0.39 is 0 Å². The number of rotatable bonds is 7. The minimum Gasteiger partial charge on any atom is -0.497 e. The number of ether oxygens (including phenoxy) is 2. The average Bonchev–Trinajstić information content (AvgIpc) is 3.16. The first-order valence-electron chi connectivity index (χ1n) is 8.31. The monoisotopic (exact) mass is 386 g/mol. The van der Waals surface area contributed by atoms with Gasteiger partial charge in [0.15, 0.2) is 0 Å². The summed E-state index contributed by atoms with van der Waals surface area (Å²) in [5, 5.41) is 5.57. The fraction of sp³-hybridized carbons (Fsp3) is 0.200. The number of nitrogens with one attached hydrogen (secondary N) is 1. The molecule has 0 unspecified atom stereocenters. The fourth-order valence-corrected chi connectivity index (χ4v) is 3.36. The summed E-state index contributed by atoms with van der Waals surface area (Å²) in [5.41, 5.74) is 2.28. The van der Waals surface area contributed by atoms with Crippen LogP contribution in [0.15, 0.2) is 47.8 Å². The van der Waals surface area contributed by atoms with E-state index in [-0.39, 0.29) is 11.7 Å². The molecule has 0 saturated carbocycles. The molecule has 27 heavy (non-hydrogen) atoms. The smallest absolute Gasteiger partial charge is 0.224 e. The number of benzene rings is 2. The summed E-state index contributed by atoms with van der Waals surface area (Å²) in [7, 11) is 3.11. The summed E-state index contributed by atoms with van der Waals surface area (Å²) in [4.78, 5) is 16.8. The number of nitrogens with zero attached hydrogens (tertiary/aromatic N) is 1. The molecule has 0 aliphatic heterocycles. The number of anilines is 1. The van der Waals surface area contributed by atoms with Crippen LogP contribution in [0.5, 0.6) is 11.5 Å². The summed E-state index contributed by atoms with van der Waals surface area (Å²) in [6, 6.07) is 11.4. The van der Waals surface area contributed by atoms with Crippen molar-refractivity contribution in [2.45, 2.75) is 12.8 Å². The molecule has 0 aliphatic rings. The number of halogens is 1. The summed E-state index contributed by atoms with van der Waals surface area (Å²) < 4.78 is 23.4. The van der Waals surface area contributed by atoms with Gasteiger partial charge in [-0.1, -0.05) is 0 Å². The molecule has 1 amide bonds. The zero-order chi connectivity index (χ0) is 19.2. The molecule has 0 atom stereocenters. The molecule has 0 bridgehead atoms. The Bertz CT molecular complexity index is 925. The van der Waals surface area contributed by atoms with Crippen molar-refractivity contribution < 1.29 is 18.7 Å². The Kier molecular flexibility index (Phi) is 6.03. The van der Waals surface area contributed by atoms with Gasteiger partial charge in [-0.25, -0.2) is 9.37 Å². The summed E-state index contributed by atoms with van der Waals surface area (Å²) in [5.74, 6) is 0.784. The Morgan fingerprint density at radius 1 is 1.15 bits per heavy atom. The zero-order valence-electron chi connectivity index (χ0n) is 15.0. The maximum absolute atomic E-state index is 13.0. The number of hydrogen-bond donors (Lipinski definition) is 1. The van der Waals surface area contributed by atoms with Crippen molar-refractivity contribution in [1.82, 2.24) is 4.98 Å². The lowest BCUT2D eigenvalue weighted by Gasteiger charge is -2.11. The highest BCUT2D eigenvalue weighted by Crippen LogP contribution is 2.29. The average molecular weight is 386 g/mol. The second-order valence-electron chi connectivity index (χ2n) is 5.77. The van der Waals surface area contributed by atoms with E-state index in [0.29, 0.717) is 30.0 Å². The van der Waals surface area contributed by atoms with Gasteiger partial charge in [0.1, 0.15) is 22.3 Å². The molecule has 1 N–H and O–H groups in total. The van der Waals surface area contributed by atoms with E-state index in [2.05, 4.69) is 10.3 Å². The number of carbonyl (C=O) groups excluding carboxylic acids is 1. The Morgan fingerprint density at radius 2 is 1.93 bits per heavy atom. The van der Waals surface area contributed by atoms with Gasteiger partial charge in [-0.15, -0.1) is 11.3 Å². The molecular formula is C20H19FN2O3S. The van der Waals surface area contributed by atoms with Crippen LogP contribution in [-0.2, 0) is 11.2 Å². The Morgan fingerprint density at radius 3 is 2.63 bits per heavy atom. The van der Waals surface area contributed by atoms with E-state index in [0.717, 1.165) is 16.3 Å². The molecule has 140 valence electrons. The molecule has 7 heteroatoms. The second-order valence-corrected chi connectivity index (χ2v) is 6.62. The van der Waals surface area contributed by atoms with Crippen molar-refractivity contribution in [2.75, 3.05) is 19.5 Å². The van der Waals surface area contributed by atoms with Gasteiger partial charge >= 0.3 is 0 Å². The van der Waals surface area contributed by atoms with E-state index in [9.17, 15) is 9.18 Å². The number of amides is 1. The highest BCUT2D eigenvalue weighted by Gasteiger charge is 2.11. The van der Waals surface area contributed by atoms with Crippen LogP contribution in [0.2, 0.25) is 0 Å². The van der Waals surface area contributed by atoms with E-state index >= 15 is 0 Å². The maximum Gasteiger partial charge on any atom is 0.224 e. The van der Waals surface area contributed by atoms with E-state index in [1.807, 2.05) is 5.38 Å². The normalized spacial score (nSPS) is 10.5. The lowest BCUT2D eigenvalue weighted by atomic mass is 10.2. The first-order valence-corrected chi connectivity index (χ1v) is 9.19. The predicted octanol–water partition coefficient (Wildman–Crippen LogP) is 4.54. The van der Waals surface area contributed by atoms with E-state index in [1.165, 1.54) is 30.6 Å². The number of aryl methyl sites for hydroxylation is 1. The topological polar surface area (TPSA) is 60.5 Å². The van der Waals surface area contributed by atoms with Crippen molar-refractivity contribution in [1.29, 1.82) is 0 Å². The third kappa shape index (κ3) is 4.83. The molecule has 0 radical (unpaired) electrons. The lowest BCUT2D eigenvalue weighted by molar-refractivity contribution is -0.116. The van der Waals surface area contributed by atoms with Crippen LogP contribution in [0, 0.1) is 5.82 Å². The number of carbonyl (C=O) groups is 1. The van der Waals surface area contributed by atoms with Gasteiger partial charge in [0, 0.05) is 23.4 Å². The van der Waals surface area contributed by atoms with Gasteiger partial charge in [0.05, 0.1) is 25.6 Å². The number of thiazole rings is 1. The summed E-state index contributed by atoms with van der Waals surface area (Å²) in [6.45, 7) is 0. The van der Waals surface area contributed by atoms with Crippen LogP contribution in [-0.4, -0.2) is 25.1 Å². The highest BCUT2D eigenvalue weighted by atomic mass is 32.1. The number of methoxy groups -OCH3 is 2. The predicted molar refractivity (Wildman–Crippen MR) is 104 cm³/mol. The summed E-state index contributed by atoms with van der Waals surface area (Å²) in [6.07, 6.45) is 0.809. The van der Waals surface area contributed by atoms with Gasteiger partial charge in [0.2, 0.25) is 5.91 Å². The van der Waals surface area contributed by atoms with Crippen LogP contribution < -0.4 is 14.8 Å². The Labute approximate surface area is 160 Å². The largest absolute Gasteiger partial charge is 0.497 e. The van der Waals surface area contributed by atoms with Crippen molar-refractivity contribution in [2.24, 2.45) is 0 Å². The molecular weight excluding hydrogens is 367 g/mol. The van der Waals surface area contributed by atoms with Crippen LogP contribution in [0.3, 0.4) is 0 Å². The molecule has 2 aromatic carbocycles. The Hall–Kier alpha value is -2.93. The van der Waals surface area contributed by atoms with Gasteiger partial charge < -0.3 is 14.8 Å². The first-order chi connectivity index (χ1) is 13.1.